The van der Waals surface area contributed by atoms with Crippen molar-refractivity contribution in [2.24, 2.45) is 0 Å². The molecule has 120 valence electrons. The number of rotatable bonds is 5. The molecule has 2 aliphatic heterocycles. The fourth-order valence-electron chi connectivity index (χ4n) is 3.49. The third-order valence-electron chi connectivity index (χ3n) is 4.64. The van der Waals surface area contributed by atoms with Crippen LogP contribution in [0.2, 0.25) is 0 Å². The molecule has 3 rings (SSSR count). The van der Waals surface area contributed by atoms with Crippen LogP contribution in [0.25, 0.3) is 0 Å². The molecular weight excluding hydrogens is 342 g/mol. The summed E-state index contributed by atoms with van der Waals surface area (Å²) < 4.78 is 1.02. The topological polar surface area (TPSA) is 35.6 Å². The van der Waals surface area contributed by atoms with E-state index in [0.717, 1.165) is 23.2 Å². The van der Waals surface area contributed by atoms with Gasteiger partial charge in [0.1, 0.15) is 0 Å². The number of carbonyl (C=O) groups excluding carboxylic acids is 1. The number of hydrogen-bond donors (Lipinski definition) is 1. The zero-order valence-electron chi connectivity index (χ0n) is 12.9. The number of anilines is 1. The normalized spacial score (nSPS) is 23.0. The van der Waals surface area contributed by atoms with Crippen LogP contribution in [0.3, 0.4) is 0 Å². The number of nitrogens with zero attached hydrogens (tertiary/aromatic N) is 2. The third kappa shape index (κ3) is 4.31. The Kier molecular flexibility index (Phi) is 5.50. The van der Waals surface area contributed by atoms with Gasteiger partial charge in [-0.15, -0.1) is 0 Å². The van der Waals surface area contributed by atoms with Gasteiger partial charge < -0.3 is 10.2 Å². The van der Waals surface area contributed by atoms with Crippen LogP contribution in [0, 0.1) is 0 Å². The lowest BCUT2D eigenvalue weighted by Crippen LogP contribution is -2.42. The standard InChI is InChI=1S/C17H24BrN3O/c18-14-5-7-15(8-6-14)19-17(22)13-21-11-3-4-16(21)12-20-9-1-2-10-20/h5-8,16H,1-4,9-13H2,(H,19,22)/t16-/m1/s1. The Labute approximate surface area is 141 Å². The summed E-state index contributed by atoms with van der Waals surface area (Å²) in [4.78, 5) is 17.2. The van der Waals surface area contributed by atoms with Gasteiger partial charge in [0.25, 0.3) is 0 Å². The maximum Gasteiger partial charge on any atom is 0.238 e. The van der Waals surface area contributed by atoms with Gasteiger partial charge in [-0.25, -0.2) is 0 Å². The molecule has 0 aliphatic carbocycles. The van der Waals surface area contributed by atoms with E-state index in [1.165, 1.54) is 38.8 Å². The van der Waals surface area contributed by atoms with Gasteiger partial charge in [-0.2, -0.15) is 0 Å². The minimum atomic E-state index is 0.0932. The highest BCUT2D eigenvalue weighted by Crippen LogP contribution is 2.20. The lowest BCUT2D eigenvalue weighted by molar-refractivity contribution is -0.117. The number of carbonyl (C=O) groups is 1. The average molecular weight is 366 g/mol. The average Bonchev–Trinajstić information content (AvgIpc) is 3.15. The molecular formula is C17H24BrN3O. The molecule has 5 heteroatoms. The second kappa shape index (κ2) is 7.57. The molecule has 22 heavy (non-hydrogen) atoms. The first-order valence-corrected chi connectivity index (χ1v) is 9.02. The van der Waals surface area contributed by atoms with Gasteiger partial charge in [-0.05, 0) is 69.6 Å². The van der Waals surface area contributed by atoms with Gasteiger partial charge in [0.2, 0.25) is 5.91 Å². The number of hydrogen-bond acceptors (Lipinski definition) is 3. The maximum atomic E-state index is 12.3. The summed E-state index contributed by atoms with van der Waals surface area (Å²) in [5, 5.41) is 3.00. The third-order valence-corrected chi connectivity index (χ3v) is 5.17. The summed E-state index contributed by atoms with van der Waals surface area (Å²) in [7, 11) is 0. The van der Waals surface area contributed by atoms with Crippen LogP contribution < -0.4 is 5.32 Å². The predicted molar refractivity (Wildman–Crippen MR) is 93.0 cm³/mol. The highest BCUT2D eigenvalue weighted by molar-refractivity contribution is 9.10. The van der Waals surface area contributed by atoms with Gasteiger partial charge in [0, 0.05) is 22.7 Å². The lowest BCUT2D eigenvalue weighted by Gasteiger charge is -2.27. The largest absolute Gasteiger partial charge is 0.325 e. The molecule has 0 aromatic heterocycles. The summed E-state index contributed by atoms with van der Waals surface area (Å²) in [6, 6.07) is 8.29. The number of nitrogens with one attached hydrogen (secondary N) is 1. The molecule has 2 heterocycles. The van der Waals surface area contributed by atoms with Crippen LogP contribution in [0.4, 0.5) is 5.69 Å². The van der Waals surface area contributed by atoms with Crippen molar-refractivity contribution in [2.45, 2.75) is 31.7 Å². The van der Waals surface area contributed by atoms with Crippen molar-refractivity contribution in [2.75, 3.05) is 38.0 Å². The molecule has 2 saturated heterocycles. The van der Waals surface area contributed by atoms with Crippen LogP contribution in [0.5, 0.6) is 0 Å². The van der Waals surface area contributed by atoms with E-state index in [1.54, 1.807) is 0 Å². The first-order chi connectivity index (χ1) is 10.7. The molecule has 2 fully saturated rings. The molecule has 0 saturated carbocycles. The highest BCUT2D eigenvalue weighted by atomic mass is 79.9. The zero-order valence-corrected chi connectivity index (χ0v) is 14.5. The molecule has 2 aliphatic rings. The Morgan fingerprint density at radius 1 is 1.14 bits per heavy atom. The summed E-state index contributed by atoms with van der Waals surface area (Å²) in [5.41, 5.74) is 0.864. The fraction of sp³-hybridized carbons (Fsp3) is 0.588. The molecule has 1 amide bonds. The Morgan fingerprint density at radius 3 is 2.59 bits per heavy atom. The van der Waals surface area contributed by atoms with Crippen LogP contribution in [0.1, 0.15) is 25.7 Å². The summed E-state index contributed by atoms with van der Waals surface area (Å²) in [6.45, 7) is 5.15. The van der Waals surface area contributed by atoms with Gasteiger partial charge in [0.05, 0.1) is 6.54 Å². The molecule has 1 atom stereocenters. The summed E-state index contributed by atoms with van der Waals surface area (Å²) in [6.07, 6.45) is 5.10. The second-order valence-corrected chi connectivity index (χ2v) is 7.24. The van der Waals surface area contributed by atoms with Crippen LogP contribution in [-0.4, -0.2) is 54.5 Å². The predicted octanol–water partition coefficient (Wildman–Crippen LogP) is 2.95. The molecule has 0 bridgehead atoms. The first-order valence-electron chi connectivity index (χ1n) is 8.22. The van der Waals surface area contributed by atoms with E-state index in [-0.39, 0.29) is 5.91 Å². The molecule has 1 N–H and O–H groups in total. The zero-order chi connectivity index (χ0) is 15.4. The molecule has 0 unspecified atom stereocenters. The van der Waals surface area contributed by atoms with Gasteiger partial charge in [-0.3, -0.25) is 9.69 Å². The maximum absolute atomic E-state index is 12.3. The lowest BCUT2D eigenvalue weighted by atomic mass is 10.2. The minimum absolute atomic E-state index is 0.0932. The molecule has 1 aromatic rings. The summed E-state index contributed by atoms with van der Waals surface area (Å²) in [5.74, 6) is 0.0932. The minimum Gasteiger partial charge on any atom is -0.325 e. The van der Waals surface area contributed by atoms with Crippen molar-refractivity contribution in [3.8, 4) is 0 Å². The SMILES string of the molecule is O=C(CN1CCC[C@@H]1CN1CCCC1)Nc1ccc(Br)cc1. The van der Waals surface area contributed by atoms with E-state index < -0.39 is 0 Å². The number of benzene rings is 1. The highest BCUT2D eigenvalue weighted by Gasteiger charge is 2.28. The Bertz CT molecular complexity index is 499. The van der Waals surface area contributed by atoms with Crippen LogP contribution in [0.15, 0.2) is 28.7 Å². The van der Waals surface area contributed by atoms with Gasteiger partial charge in [-0.1, -0.05) is 15.9 Å². The fourth-order valence-corrected chi connectivity index (χ4v) is 3.76. The smallest absolute Gasteiger partial charge is 0.238 e. The molecule has 4 nitrogen and oxygen atoms in total. The van der Waals surface area contributed by atoms with E-state index in [0.29, 0.717) is 12.6 Å². The summed E-state index contributed by atoms with van der Waals surface area (Å²) >= 11 is 3.41. The van der Waals surface area contributed by atoms with Gasteiger partial charge in [0.15, 0.2) is 0 Å². The molecule has 0 radical (unpaired) electrons. The van der Waals surface area contributed by atoms with Crippen molar-refractivity contribution in [1.29, 1.82) is 0 Å². The molecule has 0 spiro atoms. The molecule has 1 aromatic carbocycles. The monoisotopic (exact) mass is 365 g/mol. The van der Waals surface area contributed by atoms with E-state index in [4.69, 9.17) is 0 Å². The number of amides is 1. The van der Waals surface area contributed by atoms with Crippen LogP contribution >= 0.6 is 15.9 Å². The Hall–Kier alpha value is -0.910. The quantitative estimate of drug-likeness (QED) is 0.871. The van der Waals surface area contributed by atoms with Crippen molar-refractivity contribution in [1.82, 2.24) is 9.80 Å². The van der Waals surface area contributed by atoms with Crippen molar-refractivity contribution in [3.05, 3.63) is 28.7 Å². The first kappa shape index (κ1) is 16.0. The second-order valence-electron chi connectivity index (χ2n) is 6.33. The van der Waals surface area contributed by atoms with Crippen molar-refractivity contribution in [3.63, 3.8) is 0 Å². The Balaban J connectivity index is 1.50. The van der Waals surface area contributed by atoms with Crippen LogP contribution in [-0.2, 0) is 4.79 Å². The van der Waals surface area contributed by atoms with E-state index >= 15 is 0 Å². The number of halogens is 1. The van der Waals surface area contributed by atoms with E-state index in [9.17, 15) is 4.79 Å². The Morgan fingerprint density at radius 2 is 1.86 bits per heavy atom. The van der Waals surface area contributed by atoms with E-state index in [2.05, 4.69) is 31.0 Å². The van der Waals surface area contributed by atoms with Gasteiger partial charge >= 0.3 is 0 Å². The number of likely N-dealkylation sites (tertiary alicyclic amines) is 2. The van der Waals surface area contributed by atoms with Crippen molar-refractivity contribution < 1.29 is 4.79 Å². The van der Waals surface area contributed by atoms with E-state index in [1.807, 2.05) is 24.3 Å². The van der Waals surface area contributed by atoms with Crippen molar-refractivity contribution >= 4 is 27.5 Å².